The van der Waals surface area contributed by atoms with Crippen LogP contribution < -0.4 is 0 Å². The summed E-state index contributed by atoms with van der Waals surface area (Å²) in [6, 6.07) is 7.23. The van der Waals surface area contributed by atoms with E-state index in [-0.39, 0.29) is 12.0 Å². The zero-order valence-corrected chi connectivity index (χ0v) is 11.5. The summed E-state index contributed by atoms with van der Waals surface area (Å²) < 4.78 is 4.92. The number of hydrogen-bond acceptors (Lipinski definition) is 3. The number of carbonyl (C=O) groups is 2. The standard InChI is InChI=1S/C15H19NO4/c1-2-20-14(17)12-7-5-11(6-8-12)10-13-4-3-9-16(13)15(18)19/h5-8,13H,2-4,9-10H2,1H3,(H,18,19). The van der Waals surface area contributed by atoms with Gasteiger partial charge in [0.2, 0.25) is 0 Å². The number of hydrogen-bond donors (Lipinski definition) is 1. The number of rotatable bonds is 4. The van der Waals surface area contributed by atoms with Crippen molar-refractivity contribution in [2.45, 2.75) is 32.2 Å². The van der Waals surface area contributed by atoms with Crippen LogP contribution in [0, 0.1) is 0 Å². The summed E-state index contributed by atoms with van der Waals surface area (Å²) in [5.41, 5.74) is 1.56. The van der Waals surface area contributed by atoms with Crippen molar-refractivity contribution < 1.29 is 19.4 Å². The molecule has 0 bridgehead atoms. The maximum Gasteiger partial charge on any atom is 0.407 e. The Hall–Kier alpha value is -2.04. The van der Waals surface area contributed by atoms with Gasteiger partial charge in [-0.05, 0) is 43.9 Å². The summed E-state index contributed by atoms with van der Waals surface area (Å²) in [5, 5.41) is 9.10. The van der Waals surface area contributed by atoms with Gasteiger partial charge < -0.3 is 14.7 Å². The first-order valence-corrected chi connectivity index (χ1v) is 6.87. The number of likely N-dealkylation sites (tertiary alicyclic amines) is 1. The first-order valence-electron chi connectivity index (χ1n) is 6.87. The van der Waals surface area contributed by atoms with Crippen molar-refractivity contribution in [1.29, 1.82) is 0 Å². The van der Waals surface area contributed by atoms with Crippen LogP contribution in [0.4, 0.5) is 4.79 Å². The Labute approximate surface area is 118 Å². The fraction of sp³-hybridized carbons (Fsp3) is 0.467. The van der Waals surface area contributed by atoms with Gasteiger partial charge in [-0.2, -0.15) is 0 Å². The molecule has 108 valence electrons. The van der Waals surface area contributed by atoms with E-state index in [2.05, 4.69) is 0 Å². The lowest BCUT2D eigenvalue weighted by atomic mass is 10.0. The molecule has 1 amide bonds. The first-order chi connectivity index (χ1) is 9.61. The van der Waals surface area contributed by atoms with Gasteiger partial charge in [0.05, 0.1) is 12.2 Å². The third-order valence-corrected chi connectivity index (χ3v) is 3.56. The minimum Gasteiger partial charge on any atom is -0.465 e. The molecule has 0 aromatic heterocycles. The largest absolute Gasteiger partial charge is 0.465 e. The topological polar surface area (TPSA) is 66.8 Å². The van der Waals surface area contributed by atoms with Crippen molar-refractivity contribution >= 4 is 12.1 Å². The Bertz CT molecular complexity index is 483. The summed E-state index contributed by atoms with van der Waals surface area (Å²) in [6.45, 7) is 2.74. The van der Waals surface area contributed by atoms with E-state index in [9.17, 15) is 9.59 Å². The minimum absolute atomic E-state index is 0.0425. The van der Waals surface area contributed by atoms with Crippen LogP contribution in [-0.4, -0.2) is 41.3 Å². The summed E-state index contributed by atoms with van der Waals surface area (Å²) in [5.74, 6) is -0.327. The zero-order chi connectivity index (χ0) is 14.5. The number of ether oxygens (including phenoxy) is 1. The molecule has 1 aromatic rings. The molecule has 2 rings (SSSR count). The van der Waals surface area contributed by atoms with E-state index < -0.39 is 6.09 Å². The fourth-order valence-corrected chi connectivity index (χ4v) is 2.56. The smallest absolute Gasteiger partial charge is 0.407 e. The second-order valence-electron chi connectivity index (χ2n) is 4.89. The van der Waals surface area contributed by atoms with E-state index in [0.29, 0.717) is 25.1 Å². The zero-order valence-electron chi connectivity index (χ0n) is 11.5. The Morgan fingerprint density at radius 1 is 1.35 bits per heavy atom. The van der Waals surface area contributed by atoms with Crippen molar-refractivity contribution in [1.82, 2.24) is 4.90 Å². The van der Waals surface area contributed by atoms with Crippen molar-refractivity contribution in [2.75, 3.05) is 13.2 Å². The summed E-state index contributed by atoms with van der Waals surface area (Å²) >= 11 is 0. The lowest BCUT2D eigenvalue weighted by Gasteiger charge is -2.21. The molecule has 1 saturated heterocycles. The predicted molar refractivity (Wildman–Crippen MR) is 73.9 cm³/mol. The van der Waals surface area contributed by atoms with E-state index in [0.717, 1.165) is 18.4 Å². The maximum absolute atomic E-state index is 11.5. The van der Waals surface area contributed by atoms with Crippen molar-refractivity contribution in [3.05, 3.63) is 35.4 Å². The van der Waals surface area contributed by atoms with Crippen LogP contribution in [0.5, 0.6) is 0 Å². The number of benzene rings is 1. The highest BCUT2D eigenvalue weighted by Gasteiger charge is 2.28. The summed E-state index contributed by atoms with van der Waals surface area (Å²) in [4.78, 5) is 24.1. The third-order valence-electron chi connectivity index (χ3n) is 3.56. The molecule has 1 fully saturated rings. The average Bonchev–Trinajstić information content (AvgIpc) is 2.88. The molecule has 1 aliphatic heterocycles. The third kappa shape index (κ3) is 3.29. The SMILES string of the molecule is CCOC(=O)c1ccc(CC2CCCN2C(=O)O)cc1. The van der Waals surface area contributed by atoms with Crippen molar-refractivity contribution in [3.8, 4) is 0 Å². The number of amides is 1. The van der Waals surface area contributed by atoms with E-state index in [1.165, 1.54) is 4.90 Å². The van der Waals surface area contributed by atoms with Crippen LogP contribution in [0.25, 0.3) is 0 Å². The van der Waals surface area contributed by atoms with Gasteiger partial charge in [0.15, 0.2) is 0 Å². The van der Waals surface area contributed by atoms with Gasteiger partial charge in [-0.25, -0.2) is 9.59 Å². The predicted octanol–water partition coefficient (Wildman–Crippen LogP) is 2.55. The van der Waals surface area contributed by atoms with Crippen LogP contribution in [-0.2, 0) is 11.2 Å². The highest BCUT2D eigenvalue weighted by Crippen LogP contribution is 2.21. The molecule has 5 heteroatoms. The molecule has 0 spiro atoms. The highest BCUT2D eigenvalue weighted by molar-refractivity contribution is 5.89. The molecule has 1 aliphatic rings. The molecule has 1 heterocycles. The van der Waals surface area contributed by atoms with Crippen LogP contribution in [0.3, 0.4) is 0 Å². The number of carbonyl (C=O) groups excluding carboxylic acids is 1. The molecule has 1 unspecified atom stereocenters. The van der Waals surface area contributed by atoms with Crippen molar-refractivity contribution in [2.24, 2.45) is 0 Å². The quantitative estimate of drug-likeness (QED) is 0.859. The van der Waals surface area contributed by atoms with E-state index in [1.807, 2.05) is 12.1 Å². The van der Waals surface area contributed by atoms with Gasteiger partial charge in [0, 0.05) is 12.6 Å². The Balaban J connectivity index is 2.00. The molecule has 0 aliphatic carbocycles. The summed E-state index contributed by atoms with van der Waals surface area (Å²) in [6.07, 6.45) is 1.65. The van der Waals surface area contributed by atoms with Crippen LogP contribution in [0.1, 0.15) is 35.7 Å². The Morgan fingerprint density at radius 3 is 2.65 bits per heavy atom. The van der Waals surface area contributed by atoms with Gasteiger partial charge in [0.1, 0.15) is 0 Å². The maximum atomic E-state index is 11.5. The van der Waals surface area contributed by atoms with Gasteiger partial charge in [-0.15, -0.1) is 0 Å². The lowest BCUT2D eigenvalue weighted by molar-refractivity contribution is 0.0526. The van der Waals surface area contributed by atoms with Gasteiger partial charge in [-0.3, -0.25) is 0 Å². The second kappa shape index (κ2) is 6.41. The highest BCUT2D eigenvalue weighted by atomic mass is 16.5. The number of esters is 1. The fourth-order valence-electron chi connectivity index (χ4n) is 2.56. The summed E-state index contributed by atoms with van der Waals surface area (Å²) in [7, 11) is 0. The average molecular weight is 277 g/mol. The molecule has 20 heavy (non-hydrogen) atoms. The number of carboxylic acid groups (broad SMARTS) is 1. The molecule has 1 aromatic carbocycles. The minimum atomic E-state index is -0.851. The first kappa shape index (κ1) is 14.4. The van der Waals surface area contributed by atoms with Gasteiger partial charge in [0.25, 0.3) is 0 Å². The monoisotopic (exact) mass is 277 g/mol. The van der Waals surface area contributed by atoms with E-state index in [1.54, 1.807) is 19.1 Å². The molecule has 1 N–H and O–H groups in total. The van der Waals surface area contributed by atoms with E-state index in [4.69, 9.17) is 9.84 Å². The molecule has 1 atom stereocenters. The van der Waals surface area contributed by atoms with E-state index >= 15 is 0 Å². The van der Waals surface area contributed by atoms with Gasteiger partial charge >= 0.3 is 12.1 Å². The van der Waals surface area contributed by atoms with Gasteiger partial charge in [-0.1, -0.05) is 12.1 Å². The lowest BCUT2D eigenvalue weighted by Crippen LogP contribution is -2.35. The van der Waals surface area contributed by atoms with Crippen LogP contribution in [0.2, 0.25) is 0 Å². The molecular weight excluding hydrogens is 258 g/mol. The second-order valence-corrected chi connectivity index (χ2v) is 4.89. The molecule has 0 radical (unpaired) electrons. The normalized spacial score (nSPS) is 18.1. The van der Waals surface area contributed by atoms with Crippen molar-refractivity contribution in [3.63, 3.8) is 0 Å². The van der Waals surface area contributed by atoms with Crippen LogP contribution in [0.15, 0.2) is 24.3 Å². The molecular formula is C15H19NO4. The Morgan fingerprint density at radius 2 is 2.05 bits per heavy atom. The Kier molecular flexibility index (Phi) is 4.61. The molecule has 5 nitrogen and oxygen atoms in total. The number of nitrogens with zero attached hydrogens (tertiary/aromatic N) is 1. The van der Waals surface area contributed by atoms with Crippen LogP contribution >= 0.6 is 0 Å². The molecule has 0 saturated carbocycles.